The monoisotopic (exact) mass is 352 g/mol. The zero-order valence-corrected chi connectivity index (χ0v) is 14.1. The predicted octanol–water partition coefficient (Wildman–Crippen LogP) is 3.72. The first-order chi connectivity index (χ1) is 12.3. The van der Waals surface area contributed by atoms with Crippen LogP contribution in [0.2, 0.25) is 0 Å². The molecule has 1 aliphatic heterocycles. The predicted molar refractivity (Wildman–Crippen MR) is 97.7 cm³/mol. The number of aromatic nitrogens is 2. The van der Waals surface area contributed by atoms with Crippen molar-refractivity contribution in [1.82, 2.24) is 9.97 Å². The van der Waals surface area contributed by atoms with Crippen LogP contribution >= 0.6 is 11.8 Å². The Balaban J connectivity index is 1.58. The van der Waals surface area contributed by atoms with Gasteiger partial charge in [-0.15, -0.1) is 0 Å². The summed E-state index contributed by atoms with van der Waals surface area (Å²) in [7, 11) is 0. The Morgan fingerprint density at radius 2 is 1.76 bits per heavy atom. The van der Waals surface area contributed by atoms with Crippen molar-refractivity contribution in [3.63, 3.8) is 0 Å². The zero-order valence-electron chi connectivity index (χ0n) is 13.3. The third-order valence-corrected chi connectivity index (χ3v) is 4.64. The maximum absolute atomic E-state index is 6.25. The number of rotatable bonds is 4. The quantitative estimate of drug-likeness (QED) is 0.692. The van der Waals surface area contributed by atoms with Crippen LogP contribution in [0.15, 0.2) is 64.8 Å². The first-order valence-corrected chi connectivity index (χ1v) is 8.61. The van der Waals surface area contributed by atoms with Crippen LogP contribution in [0.4, 0.5) is 17.2 Å². The van der Waals surface area contributed by atoms with Gasteiger partial charge >= 0.3 is 0 Å². The zero-order chi connectivity index (χ0) is 17.1. The molecule has 0 radical (unpaired) electrons. The number of hydrogen-bond donors (Lipinski definition) is 2. The SMILES string of the molecule is Nc1c(Nc2ccc3c(c2)OCCO3)ncnc1Sc1ccccc1. The van der Waals surface area contributed by atoms with Crippen LogP contribution in [-0.4, -0.2) is 23.2 Å². The second kappa shape index (κ2) is 6.90. The van der Waals surface area contributed by atoms with Gasteiger partial charge in [0.15, 0.2) is 17.3 Å². The van der Waals surface area contributed by atoms with Gasteiger partial charge < -0.3 is 20.5 Å². The molecule has 6 nitrogen and oxygen atoms in total. The Morgan fingerprint density at radius 1 is 0.960 bits per heavy atom. The summed E-state index contributed by atoms with van der Waals surface area (Å²) in [6, 6.07) is 15.6. The van der Waals surface area contributed by atoms with Crippen molar-refractivity contribution >= 4 is 29.0 Å². The number of benzene rings is 2. The molecule has 2 aromatic carbocycles. The van der Waals surface area contributed by atoms with E-state index in [4.69, 9.17) is 15.2 Å². The lowest BCUT2D eigenvalue weighted by atomic mass is 10.2. The number of fused-ring (bicyclic) bond motifs is 1. The Morgan fingerprint density at radius 3 is 2.60 bits per heavy atom. The van der Waals surface area contributed by atoms with E-state index in [2.05, 4.69) is 15.3 Å². The molecule has 126 valence electrons. The minimum atomic E-state index is 0.506. The van der Waals surface area contributed by atoms with Crippen molar-refractivity contribution in [2.75, 3.05) is 24.3 Å². The molecule has 4 rings (SSSR count). The lowest BCUT2D eigenvalue weighted by Gasteiger charge is -2.19. The number of nitrogens with zero attached hydrogens (tertiary/aromatic N) is 2. The average Bonchev–Trinajstić information content (AvgIpc) is 2.66. The van der Waals surface area contributed by atoms with Gasteiger partial charge in [-0.2, -0.15) is 0 Å². The number of hydrogen-bond acceptors (Lipinski definition) is 7. The van der Waals surface area contributed by atoms with Gasteiger partial charge in [-0.05, 0) is 24.3 Å². The highest BCUT2D eigenvalue weighted by molar-refractivity contribution is 7.99. The largest absolute Gasteiger partial charge is 0.486 e. The smallest absolute Gasteiger partial charge is 0.163 e. The molecule has 1 aliphatic rings. The number of ether oxygens (including phenoxy) is 2. The van der Waals surface area contributed by atoms with E-state index in [0.29, 0.717) is 35.5 Å². The van der Waals surface area contributed by atoms with Gasteiger partial charge in [0.1, 0.15) is 30.3 Å². The molecule has 0 saturated heterocycles. The fourth-order valence-electron chi connectivity index (χ4n) is 2.42. The molecule has 0 saturated carbocycles. The average molecular weight is 352 g/mol. The van der Waals surface area contributed by atoms with Crippen molar-refractivity contribution in [2.24, 2.45) is 0 Å². The van der Waals surface area contributed by atoms with Crippen molar-refractivity contribution in [1.29, 1.82) is 0 Å². The van der Waals surface area contributed by atoms with Gasteiger partial charge in [0.05, 0.1) is 0 Å². The fourth-order valence-corrected chi connectivity index (χ4v) is 3.24. The minimum Gasteiger partial charge on any atom is -0.486 e. The standard InChI is InChI=1S/C18H16N4O2S/c19-16-17(20-11-21-18(16)25-13-4-2-1-3-5-13)22-12-6-7-14-15(10-12)24-9-8-23-14/h1-7,10-11H,8-9,19H2,(H,20,21,22). The van der Waals surface area contributed by atoms with Crippen molar-refractivity contribution < 1.29 is 9.47 Å². The third-order valence-electron chi connectivity index (χ3n) is 3.61. The van der Waals surface area contributed by atoms with E-state index >= 15 is 0 Å². The Bertz CT molecular complexity index is 889. The molecule has 0 fully saturated rings. The number of nitrogens with one attached hydrogen (secondary N) is 1. The summed E-state index contributed by atoms with van der Waals surface area (Å²) in [4.78, 5) is 9.61. The molecule has 0 spiro atoms. The topological polar surface area (TPSA) is 82.3 Å². The van der Waals surface area contributed by atoms with Crippen LogP contribution in [0.25, 0.3) is 0 Å². The second-order valence-electron chi connectivity index (χ2n) is 5.34. The van der Waals surface area contributed by atoms with E-state index < -0.39 is 0 Å². The van der Waals surface area contributed by atoms with Crippen LogP contribution in [-0.2, 0) is 0 Å². The third kappa shape index (κ3) is 3.46. The highest BCUT2D eigenvalue weighted by Gasteiger charge is 2.14. The van der Waals surface area contributed by atoms with E-state index in [-0.39, 0.29) is 0 Å². The molecule has 3 N–H and O–H groups in total. The molecule has 25 heavy (non-hydrogen) atoms. The molecule has 3 aromatic rings. The Hall–Kier alpha value is -2.93. The molecule has 0 amide bonds. The maximum atomic E-state index is 6.25. The maximum Gasteiger partial charge on any atom is 0.163 e. The fraction of sp³-hybridized carbons (Fsp3) is 0.111. The lowest BCUT2D eigenvalue weighted by molar-refractivity contribution is 0.171. The molecular formula is C18H16N4O2S. The molecule has 1 aromatic heterocycles. The summed E-state index contributed by atoms with van der Waals surface area (Å²) < 4.78 is 11.1. The van der Waals surface area contributed by atoms with E-state index in [9.17, 15) is 0 Å². The second-order valence-corrected chi connectivity index (χ2v) is 6.40. The lowest BCUT2D eigenvalue weighted by Crippen LogP contribution is -2.15. The van der Waals surface area contributed by atoms with E-state index in [1.54, 1.807) is 0 Å². The molecule has 0 unspecified atom stereocenters. The van der Waals surface area contributed by atoms with Crippen molar-refractivity contribution in [2.45, 2.75) is 9.92 Å². The van der Waals surface area contributed by atoms with Crippen LogP contribution in [0.5, 0.6) is 11.5 Å². The van der Waals surface area contributed by atoms with Gasteiger partial charge in [-0.3, -0.25) is 0 Å². The highest BCUT2D eigenvalue weighted by atomic mass is 32.2. The summed E-state index contributed by atoms with van der Waals surface area (Å²) in [6.07, 6.45) is 1.50. The molecule has 0 bridgehead atoms. The van der Waals surface area contributed by atoms with Gasteiger partial charge in [-0.25, -0.2) is 9.97 Å². The molecule has 0 aliphatic carbocycles. The first-order valence-electron chi connectivity index (χ1n) is 7.79. The molecule has 2 heterocycles. The summed E-state index contributed by atoms with van der Waals surface area (Å²) in [5.41, 5.74) is 7.58. The molecule has 7 heteroatoms. The molecule has 0 atom stereocenters. The van der Waals surface area contributed by atoms with Gasteiger partial charge in [0.25, 0.3) is 0 Å². The molecular weight excluding hydrogens is 336 g/mol. The summed E-state index contributed by atoms with van der Waals surface area (Å²) in [5, 5.41) is 3.93. The number of nitrogen functional groups attached to an aromatic ring is 1. The summed E-state index contributed by atoms with van der Waals surface area (Å²) >= 11 is 1.50. The van der Waals surface area contributed by atoms with Crippen LogP contribution in [0.3, 0.4) is 0 Å². The van der Waals surface area contributed by atoms with Crippen LogP contribution in [0.1, 0.15) is 0 Å². The highest BCUT2D eigenvalue weighted by Crippen LogP contribution is 2.36. The van der Waals surface area contributed by atoms with Crippen LogP contribution in [0, 0.1) is 0 Å². The van der Waals surface area contributed by atoms with Gasteiger partial charge in [-0.1, -0.05) is 30.0 Å². The van der Waals surface area contributed by atoms with E-state index in [1.807, 2.05) is 48.5 Å². The minimum absolute atomic E-state index is 0.506. The van der Waals surface area contributed by atoms with E-state index in [1.165, 1.54) is 18.1 Å². The van der Waals surface area contributed by atoms with Gasteiger partial charge in [0, 0.05) is 16.6 Å². The Labute approximate surface area is 149 Å². The van der Waals surface area contributed by atoms with E-state index in [0.717, 1.165) is 16.3 Å². The van der Waals surface area contributed by atoms with Crippen LogP contribution < -0.4 is 20.5 Å². The summed E-state index contributed by atoms with van der Waals surface area (Å²) in [6.45, 7) is 1.11. The summed E-state index contributed by atoms with van der Waals surface area (Å²) in [5.74, 6) is 2.01. The number of nitrogens with two attached hydrogens (primary N) is 1. The number of anilines is 3. The normalized spacial score (nSPS) is 12.6. The Kier molecular flexibility index (Phi) is 4.30. The van der Waals surface area contributed by atoms with Gasteiger partial charge in [0.2, 0.25) is 0 Å². The van der Waals surface area contributed by atoms with Crippen molar-refractivity contribution in [3.05, 3.63) is 54.9 Å². The van der Waals surface area contributed by atoms with Crippen molar-refractivity contribution in [3.8, 4) is 11.5 Å². The first kappa shape index (κ1) is 15.6.